The fourth-order valence-corrected chi connectivity index (χ4v) is 1.59. The Morgan fingerprint density at radius 3 is 2.20 bits per heavy atom. The zero-order chi connectivity index (χ0) is 15.2. The first-order valence-corrected chi connectivity index (χ1v) is 6.79. The highest BCUT2D eigenvalue weighted by atomic mass is 16.6. The van der Waals surface area contributed by atoms with Crippen molar-refractivity contribution in [1.29, 1.82) is 0 Å². The molecule has 0 aliphatic carbocycles. The molecule has 0 aliphatic rings. The molecule has 0 aliphatic heterocycles. The van der Waals surface area contributed by atoms with Crippen molar-refractivity contribution in [2.45, 2.75) is 46.1 Å². The lowest BCUT2D eigenvalue weighted by molar-refractivity contribution is -0.155. The van der Waals surface area contributed by atoms with Crippen LogP contribution in [0.1, 0.15) is 50.9 Å². The SMILES string of the molecule is CCC(=O)c1ccc(OCCC(=O)OC(C)(C)C)cc1. The standard InChI is InChI=1S/C16H22O4/c1-5-14(17)12-6-8-13(9-7-12)19-11-10-15(18)20-16(2,3)4/h6-9H,5,10-11H2,1-4H3. The number of ether oxygens (including phenoxy) is 2. The molecule has 0 saturated heterocycles. The Morgan fingerprint density at radius 2 is 1.70 bits per heavy atom. The molecule has 0 radical (unpaired) electrons. The third-order valence-corrected chi connectivity index (χ3v) is 2.49. The molecule has 0 fully saturated rings. The number of rotatable bonds is 6. The Labute approximate surface area is 120 Å². The van der Waals surface area contributed by atoms with Crippen molar-refractivity contribution in [2.75, 3.05) is 6.61 Å². The number of carbonyl (C=O) groups excluding carboxylic acids is 2. The topological polar surface area (TPSA) is 52.6 Å². The lowest BCUT2D eigenvalue weighted by Gasteiger charge is -2.19. The van der Waals surface area contributed by atoms with Crippen LogP contribution in [0.5, 0.6) is 5.75 Å². The van der Waals surface area contributed by atoms with Crippen molar-refractivity contribution in [1.82, 2.24) is 0 Å². The highest BCUT2D eigenvalue weighted by Gasteiger charge is 2.15. The molecule has 20 heavy (non-hydrogen) atoms. The van der Waals surface area contributed by atoms with Crippen molar-refractivity contribution < 1.29 is 19.1 Å². The van der Waals surface area contributed by atoms with Crippen molar-refractivity contribution in [3.05, 3.63) is 29.8 Å². The van der Waals surface area contributed by atoms with Gasteiger partial charge in [0, 0.05) is 12.0 Å². The molecule has 1 rings (SSSR count). The van der Waals surface area contributed by atoms with Gasteiger partial charge in [0.25, 0.3) is 0 Å². The summed E-state index contributed by atoms with van der Waals surface area (Å²) >= 11 is 0. The van der Waals surface area contributed by atoms with Gasteiger partial charge in [-0.2, -0.15) is 0 Å². The van der Waals surface area contributed by atoms with E-state index in [0.717, 1.165) is 0 Å². The molecular formula is C16H22O4. The van der Waals surface area contributed by atoms with E-state index in [2.05, 4.69) is 0 Å². The number of hydrogen-bond donors (Lipinski definition) is 0. The van der Waals surface area contributed by atoms with Crippen LogP contribution >= 0.6 is 0 Å². The lowest BCUT2D eigenvalue weighted by Crippen LogP contribution is -2.24. The molecule has 1 aromatic rings. The van der Waals surface area contributed by atoms with E-state index in [1.54, 1.807) is 24.3 Å². The Hall–Kier alpha value is -1.84. The van der Waals surface area contributed by atoms with Gasteiger partial charge in [0.2, 0.25) is 0 Å². The van der Waals surface area contributed by atoms with Crippen molar-refractivity contribution >= 4 is 11.8 Å². The van der Waals surface area contributed by atoms with Crippen LogP contribution in [0, 0.1) is 0 Å². The van der Waals surface area contributed by atoms with Crippen LogP contribution in [0.2, 0.25) is 0 Å². The summed E-state index contributed by atoms with van der Waals surface area (Å²) in [5.41, 5.74) is 0.200. The molecule has 0 N–H and O–H groups in total. The average Bonchev–Trinajstić information content (AvgIpc) is 2.36. The van der Waals surface area contributed by atoms with Crippen LogP contribution < -0.4 is 4.74 Å². The van der Waals surface area contributed by atoms with E-state index < -0.39 is 5.60 Å². The third kappa shape index (κ3) is 5.87. The maximum absolute atomic E-state index is 11.5. The van der Waals surface area contributed by atoms with Crippen LogP contribution in [-0.4, -0.2) is 24.0 Å². The van der Waals surface area contributed by atoms with Crippen LogP contribution in [0.25, 0.3) is 0 Å². The summed E-state index contributed by atoms with van der Waals surface area (Å²) in [7, 11) is 0. The third-order valence-electron chi connectivity index (χ3n) is 2.49. The zero-order valence-corrected chi connectivity index (χ0v) is 12.6. The molecule has 0 unspecified atom stereocenters. The summed E-state index contributed by atoms with van der Waals surface area (Å²) in [6, 6.07) is 6.93. The summed E-state index contributed by atoms with van der Waals surface area (Å²) in [4.78, 5) is 22.9. The number of benzene rings is 1. The summed E-state index contributed by atoms with van der Waals surface area (Å²) in [6.45, 7) is 7.57. The van der Waals surface area contributed by atoms with E-state index in [-0.39, 0.29) is 24.8 Å². The van der Waals surface area contributed by atoms with Gasteiger partial charge in [0.1, 0.15) is 11.4 Å². The summed E-state index contributed by atoms with van der Waals surface area (Å²) in [6.07, 6.45) is 0.686. The van der Waals surface area contributed by atoms with Gasteiger partial charge < -0.3 is 9.47 Å². The number of ketones is 1. The van der Waals surface area contributed by atoms with Gasteiger partial charge in [-0.3, -0.25) is 9.59 Å². The highest BCUT2D eigenvalue weighted by Crippen LogP contribution is 2.14. The molecule has 0 spiro atoms. The molecule has 0 bridgehead atoms. The normalized spacial score (nSPS) is 11.0. The molecular weight excluding hydrogens is 256 g/mol. The van der Waals surface area contributed by atoms with E-state index in [0.29, 0.717) is 17.7 Å². The van der Waals surface area contributed by atoms with E-state index in [9.17, 15) is 9.59 Å². The Bertz CT molecular complexity index is 454. The van der Waals surface area contributed by atoms with Crippen LogP contribution in [0.3, 0.4) is 0 Å². The van der Waals surface area contributed by atoms with E-state index >= 15 is 0 Å². The minimum absolute atomic E-state index is 0.102. The fourth-order valence-electron chi connectivity index (χ4n) is 1.59. The van der Waals surface area contributed by atoms with E-state index in [4.69, 9.17) is 9.47 Å². The quantitative estimate of drug-likeness (QED) is 0.591. The largest absolute Gasteiger partial charge is 0.493 e. The van der Waals surface area contributed by atoms with Gasteiger partial charge in [-0.15, -0.1) is 0 Å². The monoisotopic (exact) mass is 278 g/mol. The minimum atomic E-state index is -0.473. The molecule has 0 atom stereocenters. The van der Waals surface area contributed by atoms with Gasteiger partial charge in [-0.1, -0.05) is 6.92 Å². The van der Waals surface area contributed by atoms with Gasteiger partial charge in [0.05, 0.1) is 13.0 Å². The molecule has 4 nitrogen and oxygen atoms in total. The summed E-state index contributed by atoms with van der Waals surface area (Å²) < 4.78 is 10.6. The predicted molar refractivity (Wildman–Crippen MR) is 77.0 cm³/mol. The number of esters is 1. The van der Waals surface area contributed by atoms with Crippen LogP contribution in [0.4, 0.5) is 0 Å². The molecule has 0 saturated carbocycles. The van der Waals surface area contributed by atoms with Crippen LogP contribution in [0.15, 0.2) is 24.3 Å². The summed E-state index contributed by atoms with van der Waals surface area (Å²) in [5.74, 6) is 0.460. The van der Waals surface area contributed by atoms with Gasteiger partial charge in [0.15, 0.2) is 5.78 Å². The van der Waals surface area contributed by atoms with Crippen molar-refractivity contribution in [2.24, 2.45) is 0 Å². The Balaban J connectivity index is 2.39. The highest BCUT2D eigenvalue weighted by molar-refractivity contribution is 5.95. The van der Waals surface area contributed by atoms with Gasteiger partial charge >= 0.3 is 5.97 Å². The number of hydrogen-bond acceptors (Lipinski definition) is 4. The first-order valence-electron chi connectivity index (χ1n) is 6.79. The molecule has 4 heteroatoms. The predicted octanol–water partition coefficient (Wildman–Crippen LogP) is 3.39. The zero-order valence-electron chi connectivity index (χ0n) is 12.6. The van der Waals surface area contributed by atoms with Crippen LogP contribution in [-0.2, 0) is 9.53 Å². The minimum Gasteiger partial charge on any atom is -0.493 e. The first kappa shape index (κ1) is 16.2. The molecule has 110 valence electrons. The van der Waals surface area contributed by atoms with Gasteiger partial charge in [-0.25, -0.2) is 0 Å². The molecule has 1 aromatic carbocycles. The maximum atomic E-state index is 11.5. The Kier molecular flexibility index (Phi) is 5.74. The van der Waals surface area contributed by atoms with Crippen molar-refractivity contribution in [3.8, 4) is 5.75 Å². The second kappa shape index (κ2) is 7.08. The molecule has 0 amide bonds. The average molecular weight is 278 g/mol. The fraction of sp³-hybridized carbons (Fsp3) is 0.500. The van der Waals surface area contributed by atoms with Gasteiger partial charge in [-0.05, 0) is 45.0 Å². The number of carbonyl (C=O) groups is 2. The summed E-state index contributed by atoms with van der Waals surface area (Å²) in [5, 5.41) is 0. The molecule has 0 heterocycles. The van der Waals surface area contributed by atoms with Crippen molar-refractivity contribution in [3.63, 3.8) is 0 Å². The smallest absolute Gasteiger partial charge is 0.309 e. The first-order chi connectivity index (χ1) is 9.31. The Morgan fingerprint density at radius 1 is 1.10 bits per heavy atom. The van der Waals surface area contributed by atoms with E-state index in [1.807, 2.05) is 27.7 Å². The second-order valence-corrected chi connectivity index (χ2v) is 5.49. The second-order valence-electron chi connectivity index (χ2n) is 5.49. The van der Waals surface area contributed by atoms with E-state index in [1.165, 1.54) is 0 Å². The maximum Gasteiger partial charge on any atom is 0.309 e. The molecule has 0 aromatic heterocycles. The number of Topliss-reactive ketones (excluding diaryl/α,β-unsaturated/α-hetero) is 1. The lowest BCUT2D eigenvalue weighted by atomic mass is 10.1.